The molecule has 4 nitrogen and oxygen atoms in total. The fraction of sp³-hybridized carbons (Fsp3) is 0.200. The number of rotatable bonds is 0. The van der Waals surface area contributed by atoms with Gasteiger partial charge in [-0.3, -0.25) is 4.79 Å². The summed E-state index contributed by atoms with van der Waals surface area (Å²) in [6, 6.07) is 0. The Morgan fingerprint density at radius 1 is 1.78 bits per heavy atom. The zero-order valence-corrected chi connectivity index (χ0v) is 4.96. The smallest absolute Gasteiger partial charge is 0.346 e. The molecule has 1 rings (SSSR count). The molecule has 2 N–H and O–H groups in total. The zero-order chi connectivity index (χ0) is 6.85. The van der Waals surface area contributed by atoms with Gasteiger partial charge in [0.05, 0.1) is 0 Å². The standard InChI is InChI=1S/C5H6N2O2/c1-4-3-7(9)5(8)2-6-4/h2-3,9H,1H3/p+1. The third-order valence-corrected chi connectivity index (χ3v) is 0.965. The van der Waals surface area contributed by atoms with Gasteiger partial charge in [-0.15, -0.1) is 4.73 Å². The van der Waals surface area contributed by atoms with Crippen LogP contribution in [0.25, 0.3) is 0 Å². The Bertz CT molecular complexity index is 266. The summed E-state index contributed by atoms with van der Waals surface area (Å²) in [7, 11) is 0. The van der Waals surface area contributed by atoms with Gasteiger partial charge in [0.15, 0.2) is 5.69 Å². The molecular weight excluding hydrogens is 120 g/mol. The summed E-state index contributed by atoms with van der Waals surface area (Å²) in [4.78, 5) is 13.1. The number of aryl methyl sites for hydroxylation is 1. The second kappa shape index (κ2) is 1.89. The summed E-state index contributed by atoms with van der Waals surface area (Å²) in [6.07, 6.45) is 2.50. The van der Waals surface area contributed by atoms with Crippen LogP contribution < -0.4 is 10.5 Å². The summed E-state index contributed by atoms with van der Waals surface area (Å²) < 4.78 is 0.534. The minimum atomic E-state index is -0.458. The Balaban J connectivity index is 3.34. The van der Waals surface area contributed by atoms with Crippen molar-refractivity contribution >= 4 is 0 Å². The lowest BCUT2D eigenvalue weighted by molar-refractivity contribution is -0.391. The maximum absolute atomic E-state index is 10.5. The summed E-state index contributed by atoms with van der Waals surface area (Å²) in [5.74, 6) is 0. The first-order chi connectivity index (χ1) is 4.20. The van der Waals surface area contributed by atoms with Crippen LogP contribution in [0, 0.1) is 6.92 Å². The first-order valence-electron chi connectivity index (χ1n) is 2.50. The third-order valence-electron chi connectivity index (χ3n) is 0.965. The second-order valence-electron chi connectivity index (χ2n) is 1.78. The van der Waals surface area contributed by atoms with E-state index in [1.807, 2.05) is 0 Å². The van der Waals surface area contributed by atoms with Crippen LogP contribution in [0.5, 0.6) is 0 Å². The molecule has 0 atom stereocenters. The molecule has 1 aromatic heterocycles. The van der Waals surface area contributed by atoms with Gasteiger partial charge in [-0.05, 0) is 0 Å². The fourth-order valence-electron chi connectivity index (χ4n) is 0.526. The highest BCUT2D eigenvalue weighted by Crippen LogP contribution is 1.75. The molecule has 0 unspecified atom stereocenters. The largest absolute Gasteiger partial charge is 0.425 e. The molecule has 1 aromatic rings. The molecule has 0 aliphatic carbocycles. The third kappa shape index (κ3) is 1.07. The van der Waals surface area contributed by atoms with Crippen LogP contribution in [0.3, 0.4) is 0 Å². The van der Waals surface area contributed by atoms with Crippen LogP contribution >= 0.6 is 0 Å². The van der Waals surface area contributed by atoms with Crippen molar-refractivity contribution in [3.05, 3.63) is 28.4 Å². The number of aromatic nitrogens is 2. The first kappa shape index (κ1) is 5.81. The van der Waals surface area contributed by atoms with Crippen molar-refractivity contribution in [3.63, 3.8) is 0 Å². The van der Waals surface area contributed by atoms with Gasteiger partial charge in [-0.25, -0.2) is 4.98 Å². The molecule has 0 fully saturated rings. The molecule has 0 aliphatic heterocycles. The minimum absolute atomic E-state index is 0.458. The quantitative estimate of drug-likeness (QED) is 0.464. The molecule has 0 spiro atoms. The van der Waals surface area contributed by atoms with Gasteiger partial charge in [-0.2, -0.15) is 0 Å². The number of nitrogens with one attached hydrogen (secondary N) is 1. The van der Waals surface area contributed by atoms with Crippen molar-refractivity contribution in [2.24, 2.45) is 0 Å². The highest BCUT2D eigenvalue weighted by atomic mass is 16.5. The summed E-state index contributed by atoms with van der Waals surface area (Å²) >= 11 is 0. The van der Waals surface area contributed by atoms with E-state index in [-0.39, 0.29) is 0 Å². The molecule has 0 aromatic carbocycles. The molecule has 0 saturated heterocycles. The van der Waals surface area contributed by atoms with E-state index in [2.05, 4.69) is 4.98 Å². The van der Waals surface area contributed by atoms with E-state index in [1.165, 1.54) is 12.4 Å². The van der Waals surface area contributed by atoms with E-state index in [9.17, 15) is 4.79 Å². The first-order valence-corrected chi connectivity index (χ1v) is 2.50. The average Bonchev–Trinajstić information content (AvgIpc) is 1.80. The molecule has 9 heavy (non-hydrogen) atoms. The van der Waals surface area contributed by atoms with Gasteiger partial charge in [0, 0.05) is 6.92 Å². The van der Waals surface area contributed by atoms with Crippen LogP contribution in [0.15, 0.2) is 17.2 Å². The van der Waals surface area contributed by atoms with E-state index in [0.717, 1.165) is 5.69 Å². The SMILES string of the molecule is Cc1cn(O)c(=O)c[nH+]1. The van der Waals surface area contributed by atoms with Gasteiger partial charge in [0.2, 0.25) is 6.20 Å². The van der Waals surface area contributed by atoms with Crippen LogP contribution in [0.1, 0.15) is 5.69 Å². The van der Waals surface area contributed by atoms with Crippen molar-refractivity contribution in [1.82, 2.24) is 4.73 Å². The molecule has 1 heterocycles. The predicted octanol–water partition coefficient (Wildman–Crippen LogP) is -0.792. The number of aromatic amines is 1. The highest BCUT2D eigenvalue weighted by molar-refractivity contribution is 4.81. The minimum Gasteiger partial charge on any atom is -0.425 e. The summed E-state index contributed by atoms with van der Waals surface area (Å²) in [6.45, 7) is 1.74. The predicted molar refractivity (Wildman–Crippen MR) is 29.2 cm³/mol. The van der Waals surface area contributed by atoms with Gasteiger partial charge in [-0.1, -0.05) is 0 Å². The van der Waals surface area contributed by atoms with Gasteiger partial charge >= 0.3 is 5.56 Å². The van der Waals surface area contributed by atoms with E-state index >= 15 is 0 Å². The lowest BCUT2D eigenvalue weighted by atomic mass is 10.5. The summed E-state index contributed by atoms with van der Waals surface area (Å²) in [5.41, 5.74) is 0.276. The van der Waals surface area contributed by atoms with E-state index in [4.69, 9.17) is 5.21 Å². The molecule has 0 radical (unpaired) electrons. The van der Waals surface area contributed by atoms with Crippen LogP contribution in [0.2, 0.25) is 0 Å². The molecular formula is C5H7N2O2+. The van der Waals surface area contributed by atoms with Crippen molar-refractivity contribution in [1.29, 1.82) is 0 Å². The molecule has 0 saturated carbocycles. The fourth-order valence-corrected chi connectivity index (χ4v) is 0.526. The Labute approximate surface area is 51.4 Å². The van der Waals surface area contributed by atoms with Crippen LogP contribution in [-0.4, -0.2) is 9.94 Å². The van der Waals surface area contributed by atoms with Crippen molar-refractivity contribution in [2.45, 2.75) is 6.92 Å². The van der Waals surface area contributed by atoms with E-state index < -0.39 is 5.56 Å². The van der Waals surface area contributed by atoms with Crippen molar-refractivity contribution in [2.75, 3.05) is 0 Å². The normalized spacial score (nSPS) is 9.44. The Hall–Kier alpha value is -1.32. The Morgan fingerprint density at radius 3 is 2.89 bits per heavy atom. The maximum Gasteiger partial charge on any atom is 0.346 e. The topological polar surface area (TPSA) is 56.4 Å². The molecule has 0 bridgehead atoms. The number of nitrogens with zero attached hydrogens (tertiary/aromatic N) is 1. The van der Waals surface area contributed by atoms with Crippen LogP contribution in [-0.2, 0) is 0 Å². The second-order valence-corrected chi connectivity index (χ2v) is 1.78. The number of hydrogen-bond donors (Lipinski definition) is 1. The van der Waals surface area contributed by atoms with Crippen molar-refractivity contribution in [3.8, 4) is 0 Å². The molecule has 48 valence electrons. The van der Waals surface area contributed by atoms with Gasteiger partial charge in [0.1, 0.15) is 6.20 Å². The number of hydrogen-bond acceptors (Lipinski definition) is 2. The van der Waals surface area contributed by atoms with E-state index in [1.54, 1.807) is 6.92 Å². The van der Waals surface area contributed by atoms with Crippen LogP contribution in [0.4, 0.5) is 0 Å². The van der Waals surface area contributed by atoms with Crippen molar-refractivity contribution < 1.29 is 10.2 Å². The highest BCUT2D eigenvalue weighted by Gasteiger charge is 1.96. The Morgan fingerprint density at radius 2 is 2.44 bits per heavy atom. The van der Waals surface area contributed by atoms with E-state index in [0.29, 0.717) is 4.73 Å². The van der Waals surface area contributed by atoms with Gasteiger partial charge in [0.25, 0.3) is 0 Å². The average molecular weight is 127 g/mol. The zero-order valence-electron chi connectivity index (χ0n) is 4.96. The number of H-pyrrole nitrogens is 1. The molecule has 0 amide bonds. The Kier molecular flexibility index (Phi) is 1.22. The lowest BCUT2D eigenvalue weighted by Gasteiger charge is -1.88. The monoisotopic (exact) mass is 127 g/mol. The maximum atomic E-state index is 10.5. The summed E-state index contributed by atoms with van der Waals surface area (Å²) in [5, 5.41) is 8.68. The molecule has 4 heteroatoms. The van der Waals surface area contributed by atoms with Gasteiger partial charge < -0.3 is 5.21 Å². The molecule has 0 aliphatic rings. The lowest BCUT2D eigenvalue weighted by Crippen LogP contribution is -2.24.